The maximum Gasteiger partial charge on any atom is 0.258 e. The van der Waals surface area contributed by atoms with Gasteiger partial charge in [0.15, 0.2) is 18.1 Å². The van der Waals surface area contributed by atoms with Gasteiger partial charge in [-0.05, 0) is 30.2 Å². The van der Waals surface area contributed by atoms with Crippen molar-refractivity contribution in [3.8, 4) is 11.5 Å². The number of benzene rings is 2. The van der Waals surface area contributed by atoms with Gasteiger partial charge in [-0.15, -0.1) is 0 Å². The molecule has 2 amide bonds. The van der Waals surface area contributed by atoms with Gasteiger partial charge >= 0.3 is 0 Å². The van der Waals surface area contributed by atoms with E-state index in [9.17, 15) is 14.0 Å². The van der Waals surface area contributed by atoms with Crippen molar-refractivity contribution in [3.05, 3.63) is 59.9 Å². The lowest BCUT2D eigenvalue weighted by molar-refractivity contribution is -0.129. The molecule has 6 nitrogen and oxygen atoms in total. The summed E-state index contributed by atoms with van der Waals surface area (Å²) >= 11 is 0. The third kappa shape index (κ3) is 6.57. The van der Waals surface area contributed by atoms with Crippen LogP contribution in [0.3, 0.4) is 0 Å². The Balaban J connectivity index is 1.75. The number of nitrogens with zero attached hydrogens (tertiary/aromatic N) is 1. The van der Waals surface area contributed by atoms with E-state index in [1.54, 1.807) is 41.3 Å². The molecule has 0 fully saturated rings. The smallest absolute Gasteiger partial charge is 0.258 e. The van der Waals surface area contributed by atoms with E-state index < -0.39 is 0 Å². The van der Waals surface area contributed by atoms with Gasteiger partial charge in [0, 0.05) is 26.6 Å². The highest BCUT2D eigenvalue weighted by Gasteiger charge is 2.11. The monoisotopic (exact) mass is 388 g/mol. The fraction of sp³-hybridized carbons (Fsp3) is 0.333. The van der Waals surface area contributed by atoms with Crippen molar-refractivity contribution >= 4 is 11.8 Å². The van der Waals surface area contributed by atoms with Crippen LogP contribution in [0.25, 0.3) is 0 Å². The molecule has 1 N–H and O–H groups in total. The maximum atomic E-state index is 13.7. The Morgan fingerprint density at radius 1 is 1.04 bits per heavy atom. The molecule has 0 bridgehead atoms. The highest BCUT2D eigenvalue weighted by molar-refractivity contribution is 5.77. The van der Waals surface area contributed by atoms with Crippen molar-refractivity contribution < 1.29 is 23.5 Å². The summed E-state index contributed by atoms with van der Waals surface area (Å²) in [5.74, 6) is 0.314. The zero-order valence-corrected chi connectivity index (χ0v) is 16.1. The largest absolute Gasteiger partial charge is 0.493 e. The summed E-state index contributed by atoms with van der Waals surface area (Å²) in [7, 11) is 1.53. The summed E-state index contributed by atoms with van der Waals surface area (Å²) in [6.07, 6.45) is 0.414. The van der Waals surface area contributed by atoms with Gasteiger partial charge in [0.1, 0.15) is 5.82 Å². The van der Waals surface area contributed by atoms with Gasteiger partial charge in [0.05, 0.1) is 7.11 Å². The predicted octanol–water partition coefficient (Wildman–Crippen LogP) is 2.42. The molecule has 0 radical (unpaired) electrons. The first-order valence-electron chi connectivity index (χ1n) is 9.02. The van der Waals surface area contributed by atoms with Gasteiger partial charge in [0.25, 0.3) is 5.91 Å². The Kier molecular flexibility index (Phi) is 8.27. The summed E-state index contributed by atoms with van der Waals surface area (Å²) in [4.78, 5) is 25.3. The van der Waals surface area contributed by atoms with Gasteiger partial charge in [-0.1, -0.05) is 30.3 Å². The number of carbonyl (C=O) groups is 2. The van der Waals surface area contributed by atoms with Gasteiger partial charge in [-0.25, -0.2) is 4.39 Å². The van der Waals surface area contributed by atoms with Crippen LogP contribution in [0.5, 0.6) is 11.5 Å². The van der Waals surface area contributed by atoms with Crippen LogP contribution in [-0.2, 0) is 16.0 Å². The lowest BCUT2D eigenvalue weighted by Gasteiger charge is -2.21. The minimum Gasteiger partial charge on any atom is -0.493 e. The summed E-state index contributed by atoms with van der Waals surface area (Å²) in [6, 6.07) is 13.5. The van der Waals surface area contributed by atoms with Crippen molar-refractivity contribution in [2.75, 3.05) is 33.4 Å². The van der Waals surface area contributed by atoms with Crippen LogP contribution in [0.1, 0.15) is 12.5 Å². The second-order valence-electron chi connectivity index (χ2n) is 6.14. The SMILES string of the molecule is COc1ccccc1OCC(=O)NCCN(CCc1ccccc1F)C(C)=O. The highest BCUT2D eigenvalue weighted by atomic mass is 19.1. The van der Waals surface area contributed by atoms with Gasteiger partial charge in [0.2, 0.25) is 5.91 Å². The Bertz CT molecular complexity index is 797. The molecule has 0 aliphatic rings. The van der Waals surface area contributed by atoms with Crippen LogP contribution in [-0.4, -0.2) is 50.1 Å². The molecule has 0 aliphatic carbocycles. The fourth-order valence-electron chi connectivity index (χ4n) is 2.65. The van der Waals surface area contributed by atoms with Gasteiger partial charge in [-0.3, -0.25) is 9.59 Å². The number of hydrogen-bond donors (Lipinski definition) is 1. The number of ether oxygens (including phenoxy) is 2. The van der Waals surface area contributed by atoms with E-state index in [1.807, 2.05) is 6.07 Å². The van der Waals surface area contributed by atoms with Crippen molar-refractivity contribution in [1.82, 2.24) is 10.2 Å². The molecule has 0 saturated carbocycles. The van der Waals surface area contributed by atoms with E-state index in [-0.39, 0.29) is 30.8 Å². The molecule has 0 heterocycles. The zero-order chi connectivity index (χ0) is 20.4. The molecule has 28 heavy (non-hydrogen) atoms. The van der Waals surface area contributed by atoms with E-state index in [2.05, 4.69) is 5.32 Å². The van der Waals surface area contributed by atoms with E-state index in [0.29, 0.717) is 36.6 Å². The van der Waals surface area contributed by atoms with Gasteiger partial charge in [-0.2, -0.15) is 0 Å². The first kappa shape index (κ1) is 21.2. The Labute approximate surface area is 164 Å². The summed E-state index contributed by atoms with van der Waals surface area (Å²) in [6.45, 7) is 2.29. The highest BCUT2D eigenvalue weighted by Crippen LogP contribution is 2.25. The molecular formula is C21H25FN2O4. The topological polar surface area (TPSA) is 67.9 Å². The van der Waals surface area contributed by atoms with Crippen LogP contribution >= 0.6 is 0 Å². The predicted molar refractivity (Wildman–Crippen MR) is 104 cm³/mol. The molecule has 0 unspecified atom stereocenters. The minimum absolute atomic E-state index is 0.129. The Morgan fingerprint density at radius 3 is 2.39 bits per heavy atom. The number of amides is 2. The summed E-state index contributed by atoms with van der Waals surface area (Å²) in [5, 5.41) is 2.71. The van der Waals surface area contributed by atoms with Crippen molar-refractivity contribution in [1.29, 1.82) is 0 Å². The normalized spacial score (nSPS) is 10.2. The molecule has 2 aromatic carbocycles. The minimum atomic E-state index is -0.302. The second kappa shape index (κ2) is 10.9. The standard InChI is InChI=1S/C21H25FN2O4/c1-16(25)24(13-11-17-7-3-4-8-18(17)22)14-12-23-21(26)15-28-20-10-6-5-9-19(20)27-2/h3-10H,11-15H2,1-2H3,(H,23,26). The van der Waals surface area contributed by atoms with Crippen LogP contribution in [0.15, 0.2) is 48.5 Å². The third-order valence-corrected chi connectivity index (χ3v) is 4.19. The summed E-state index contributed by atoms with van der Waals surface area (Å²) < 4.78 is 24.3. The van der Waals surface area contributed by atoms with Gasteiger partial charge < -0.3 is 19.7 Å². The van der Waals surface area contributed by atoms with Crippen LogP contribution in [0, 0.1) is 5.82 Å². The molecule has 0 aromatic heterocycles. The van der Waals surface area contributed by atoms with E-state index in [1.165, 1.54) is 20.1 Å². The van der Waals surface area contributed by atoms with Crippen molar-refractivity contribution in [2.24, 2.45) is 0 Å². The zero-order valence-electron chi connectivity index (χ0n) is 16.1. The van der Waals surface area contributed by atoms with E-state index in [0.717, 1.165) is 0 Å². The average molecular weight is 388 g/mol. The van der Waals surface area contributed by atoms with Crippen molar-refractivity contribution in [2.45, 2.75) is 13.3 Å². The number of carbonyl (C=O) groups excluding carboxylic acids is 2. The molecule has 0 atom stereocenters. The average Bonchev–Trinajstić information content (AvgIpc) is 2.70. The Hall–Kier alpha value is -3.09. The maximum absolute atomic E-state index is 13.7. The van der Waals surface area contributed by atoms with E-state index >= 15 is 0 Å². The van der Waals surface area contributed by atoms with Crippen LogP contribution in [0.2, 0.25) is 0 Å². The molecule has 0 saturated heterocycles. The number of methoxy groups -OCH3 is 1. The fourth-order valence-corrected chi connectivity index (χ4v) is 2.65. The number of hydrogen-bond acceptors (Lipinski definition) is 4. The van der Waals surface area contributed by atoms with E-state index in [4.69, 9.17) is 9.47 Å². The number of nitrogens with one attached hydrogen (secondary N) is 1. The quantitative estimate of drug-likeness (QED) is 0.679. The molecule has 2 rings (SSSR count). The lowest BCUT2D eigenvalue weighted by atomic mass is 10.1. The molecule has 150 valence electrons. The van der Waals surface area contributed by atoms with Crippen LogP contribution < -0.4 is 14.8 Å². The molecular weight excluding hydrogens is 363 g/mol. The number of halogens is 1. The lowest BCUT2D eigenvalue weighted by Crippen LogP contribution is -2.39. The summed E-state index contributed by atoms with van der Waals surface area (Å²) in [5.41, 5.74) is 0.558. The third-order valence-electron chi connectivity index (χ3n) is 4.19. The first-order chi connectivity index (χ1) is 13.5. The molecule has 0 spiro atoms. The molecule has 7 heteroatoms. The van der Waals surface area contributed by atoms with Crippen molar-refractivity contribution in [3.63, 3.8) is 0 Å². The molecule has 2 aromatic rings. The Morgan fingerprint density at radius 2 is 1.71 bits per heavy atom. The molecule has 0 aliphatic heterocycles. The number of para-hydroxylation sites is 2. The number of rotatable bonds is 10. The van der Waals surface area contributed by atoms with Crippen LogP contribution in [0.4, 0.5) is 4.39 Å². The second-order valence-corrected chi connectivity index (χ2v) is 6.14. The first-order valence-corrected chi connectivity index (χ1v) is 9.02.